The van der Waals surface area contributed by atoms with Crippen LogP contribution in [0.4, 0.5) is 18.9 Å². The van der Waals surface area contributed by atoms with Crippen LogP contribution in [-0.4, -0.2) is 31.2 Å². The van der Waals surface area contributed by atoms with Crippen LogP contribution in [0.25, 0.3) is 0 Å². The van der Waals surface area contributed by atoms with Crippen molar-refractivity contribution in [2.24, 2.45) is 11.7 Å². The number of halogens is 3. The van der Waals surface area contributed by atoms with Crippen molar-refractivity contribution in [1.82, 2.24) is 5.32 Å². The van der Waals surface area contributed by atoms with E-state index in [1.54, 1.807) is 0 Å². The van der Waals surface area contributed by atoms with Crippen molar-refractivity contribution in [2.75, 3.05) is 25.4 Å². The van der Waals surface area contributed by atoms with Gasteiger partial charge in [0.25, 0.3) is 5.91 Å². The first-order valence-corrected chi connectivity index (χ1v) is 9.43. The quantitative estimate of drug-likeness (QED) is 0.350. The zero-order valence-corrected chi connectivity index (χ0v) is 17.7. The number of hydrogen-bond donors (Lipinski definition) is 3. The van der Waals surface area contributed by atoms with E-state index in [0.717, 1.165) is 0 Å². The number of anilines is 1. The van der Waals surface area contributed by atoms with Gasteiger partial charge in [0, 0.05) is 11.8 Å². The zero-order chi connectivity index (χ0) is 21.4. The fourth-order valence-corrected chi connectivity index (χ4v) is 2.24. The molecule has 0 aromatic heterocycles. The first-order valence-electron chi connectivity index (χ1n) is 8.85. The van der Waals surface area contributed by atoms with Crippen LogP contribution in [-0.2, 0) is 4.74 Å². The summed E-state index contributed by atoms with van der Waals surface area (Å²) in [4.78, 5) is 12.0. The zero-order valence-electron chi connectivity index (χ0n) is 16.6. The van der Waals surface area contributed by atoms with Gasteiger partial charge in [-0.05, 0) is 32.7 Å². The summed E-state index contributed by atoms with van der Waals surface area (Å²) in [6.45, 7) is 10.6. The number of nitrogens with one attached hydrogen (secondary N) is 1. The highest BCUT2D eigenvalue weighted by atomic mass is 31.0. The second-order valence-corrected chi connectivity index (χ2v) is 7.14. The van der Waals surface area contributed by atoms with Gasteiger partial charge in [-0.3, -0.25) is 4.79 Å². The Hall–Kier alpha value is -1.37. The Morgan fingerprint density at radius 3 is 2.30 bits per heavy atom. The van der Waals surface area contributed by atoms with E-state index in [0.29, 0.717) is 19.6 Å². The van der Waals surface area contributed by atoms with Gasteiger partial charge in [0.2, 0.25) is 0 Å². The van der Waals surface area contributed by atoms with Crippen LogP contribution in [0.2, 0.25) is 0 Å². The molecule has 27 heavy (non-hydrogen) atoms. The maximum Gasteiger partial charge on any atom is 0.257 e. The molecule has 0 saturated heterocycles. The smallest absolute Gasteiger partial charge is 0.257 e. The Labute approximate surface area is 161 Å². The molecule has 1 rings (SSSR count). The molecule has 1 aromatic rings. The number of amides is 1. The second-order valence-electron chi connectivity index (χ2n) is 6.56. The lowest BCUT2D eigenvalue weighted by Crippen LogP contribution is -2.35. The van der Waals surface area contributed by atoms with Crippen LogP contribution in [0.15, 0.2) is 0 Å². The molecule has 0 heterocycles. The molecule has 0 saturated carbocycles. The van der Waals surface area contributed by atoms with E-state index < -0.39 is 40.2 Å². The molecule has 0 spiro atoms. The standard InChI is InChI=1S/C16H25F3N3O2P.C2H6/c1-8(6-20)7-24-16(2,3)4-5-22-15(23)9-10(17)12(19)13(21)14(25)11(9)18;1-2/h8H,4-7,20-21,25H2,1-3H3,(H,22,23);1-2H3. The molecule has 0 aliphatic heterocycles. The third-order valence-electron chi connectivity index (χ3n) is 3.80. The van der Waals surface area contributed by atoms with Crippen molar-refractivity contribution < 1.29 is 22.7 Å². The largest absolute Gasteiger partial charge is 0.396 e. The number of nitrogens with two attached hydrogens (primary N) is 2. The Morgan fingerprint density at radius 1 is 1.22 bits per heavy atom. The van der Waals surface area contributed by atoms with Crippen LogP contribution in [0.5, 0.6) is 0 Å². The van der Waals surface area contributed by atoms with E-state index >= 15 is 0 Å². The lowest BCUT2D eigenvalue weighted by molar-refractivity contribution is -0.0362. The molecule has 156 valence electrons. The minimum Gasteiger partial charge on any atom is -0.396 e. The maximum atomic E-state index is 14.1. The van der Waals surface area contributed by atoms with Gasteiger partial charge in [-0.1, -0.05) is 20.8 Å². The maximum absolute atomic E-state index is 14.1. The summed E-state index contributed by atoms with van der Waals surface area (Å²) in [7, 11) is 1.86. The summed E-state index contributed by atoms with van der Waals surface area (Å²) in [5.74, 6) is -5.12. The predicted molar refractivity (Wildman–Crippen MR) is 107 cm³/mol. The fraction of sp³-hybridized carbons (Fsp3) is 0.611. The number of ether oxygens (including phenoxy) is 1. The first kappa shape index (κ1) is 25.6. The van der Waals surface area contributed by atoms with Crippen molar-refractivity contribution in [3.05, 3.63) is 23.0 Å². The molecular weight excluding hydrogens is 378 g/mol. The molecule has 9 heteroatoms. The Morgan fingerprint density at radius 2 is 1.78 bits per heavy atom. The van der Waals surface area contributed by atoms with Crippen LogP contribution in [0, 0.1) is 23.4 Å². The minimum atomic E-state index is -1.61. The molecule has 0 aliphatic rings. The number of benzene rings is 1. The monoisotopic (exact) mass is 409 g/mol. The van der Waals surface area contributed by atoms with Gasteiger partial charge in [-0.25, -0.2) is 13.2 Å². The summed E-state index contributed by atoms with van der Waals surface area (Å²) >= 11 is 0. The van der Waals surface area contributed by atoms with E-state index in [-0.39, 0.29) is 17.8 Å². The molecule has 0 bridgehead atoms. The Bertz CT molecular complexity index is 614. The molecule has 2 atom stereocenters. The minimum absolute atomic E-state index is 0.0971. The molecule has 0 fully saturated rings. The van der Waals surface area contributed by atoms with Crippen LogP contribution >= 0.6 is 9.24 Å². The highest BCUT2D eigenvalue weighted by Crippen LogP contribution is 2.22. The van der Waals surface area contributed by atoms with Crippen molar-refractivity contribution in [3.8, 4) is 0 Å². The summed E-state index contributed by atoms with van der Waals surface area (Å²) in [5, 5.41) is 1.99. The number of carbonyl (C=O) groups excluding carboxylic acids is 1. The average Bonchev–Trinajstić information content (AvgIpc) is 2.64. The molecule has 0 radical (unpaired) electrons. The average molecular weight is 409 g/mol. The molecule has 5 nitrogen and oxygen atoms in total. The third-order valence-corrected chi connectivity index (χ3v) is 4.36. The molecule has 2 unspecified atom stereocenters. The summed E-state index contributed by atoms with van der Waals surface area (Å²) in [5.41, 5.74) is 8.53. The lowest BCUT2D eigenvalue weighted by Gasteiger charge is -2.27. The highest BCUT2D eigenvalue weighted by molar-refractivity contribution is 7.28. The number of rotatable bonds is 8. The second kappa shape index (κ2) is 11.5. The molecule has 1 aromatic carbocycles. The van der Waals surface area contributed by atoms with Gasteiger partial charge in [0.1, 0.15) is 11.4 Å². The van der Waals surface area contributed by atoms with Gasteiger partial charge in [-0.2, -0.15) is 0 Å². The van der Waals surface area contributed by atoms with Gasteiger partial charge in [0.15, 0.2) is 11.6 Å². The Balaban J connectivity index is 0.00000326. The number of nitrogen functional groups attached to an aromatic ring is 1. The summed E-state index contributed by atoms with van der Waals surface area (Å²) < 4.78 is 47.3. The number of hydrogen-bond acceptors (Lipinski definition) is 4. The highest BCUT2D eigenvalue weighted by Gasteiger charge is 2.27. The van der Waals surface area contributed by atoms with E-state index in [2.05, 4.69) is 5.32 Å². The van der Waals surface area contributed by atoms with Gasteiger partial charge >= 0.3 is 0 Å². The van der Waals surface area contributed by atoms with Crippen LogP contribution < -0.4 is 22.1 Å². The van der Waals surface area contributed by atoms with E-state index in [4.69, 9.17) is 16.2 Å². The fourth-order valence-electron chi connectivity index (χ4n) is 1.97. The van der Waals surface area contributed by atoms with Gasteiger partial charge < -0.3 is 21.5 Å². The topological polar surface area (TPSA) is 90.4 Å². The van der Waals surface area contributed by atoms with Crippen LogP contribution in [0.1, 0.15) is 51.4 Å². The summed E-state index contributed by atoms with van der Waals surface area (Å²) in [6.07, 6.45) is 0.393. The summed E-state index contributed by atoms with van der Waals surface area (Å²) in [6, 6.07) is 0. The lowest BCUT2D eigenvalue weighted by atomic mass is 10.0. The molecular formula is C18H31F3N3O2P. The Kier molecular flexibility index (Phi) is 10.9. The van der Waals surface area contributed by atoms with Crippen molar-refractivity contribution in [1.29, 1.82) is 0 Å². The third kappa shape index (κ3) is 7.28. The molecule has 0 aliphatic carbocycles. The van der Waals surface area contributed by atoms with E-state index in [9.17, 15) is 18.0 Å². The van der Waals surface area contributed by atoms with Crippen molar-refractivity contribution >= 4 is 26.1 Å². The van der Waals surface area contributed by atoms with Crippen molar-refractivity contribution in [3.63, 3.8) is 0 Å². The van der Waals surface area contributed by atoms with E-state index in [1.807, 2.05) is 43.9 Å². The first-order chi connectivity index (χ1) is 12.5. The van der Waals surface area contributed by atoms with Crippen LogP contribution in [0.3, 0.4) is 0 Å². The number of carbonyl (C=O) groups is 1. The SMILES string of the molecule is CC.CC(CN)COC(C)(C)CCNC(=O)c1c(F)c(F)c(N)c(P)c1F. The molecule has 1 amide bonds. The normalized spacial score (nSPS) is 12.2. The predicted octanol–water partition coefficient (Wildman–Crippen LogP) is 2.72. The van der Waals surface area contributed by atoms with Gasteiger partial charge in [-0.15, -0.1) is 9.24 Å². The van der Waals surface area contributed by atoms with Crippen molar-refractivity contribution in [2.45, 2.75) is 46.6 Å². The van der Waals surface area contributed by atoms with Gasteiger partial charge in [0.05, 0.1) is 17.9 Å². The molecule has 5 N–H and O–H groups in total. The van der Waals surface area contributed by atoms with E-state index in [1.165, 1.54) is 0 Å².